The molecule has 0 bridgehead atoms. The summed E-state index contributed by atoms with van der Waals surface area (Å²) in [7, 11) is 0. The van der Waals surface area contributed by atoms with Crippen molar-refractivity contribution in [2.24, 2.45) is 5.41 Å². The van der Waals surface area contributed by atoms with Crippen LogP contribution in [0.15, 0.2) is 48.5 Å². The Morgan fingerprint density at radius 2 is 1.71 bits per heavy atom. The Morgan fingerprint density at radius 1 is 1.04 bits per heavy atom. The molecule has 0 amide bonds. The summed E-state index contributed by atoms with van der Waals surface area (Å²) in [6, 6.07) is 16.9. The van der Waals surface area contributed by atoms with Gasteiger partial charge in [0.2, 0.25) is 0 Å². The van der Waals surface area contributed by atoms with Crippen LogP contribution in [-0.2, 0) is 11.3 Å². The summed E-state index contributed by atoms with van der Waals surface area (Å²) in [5.74, 6) is -0.714. The Kier molecular flexibility index (Phi) is 6.16. The van der Waals surface area contributed by atoms with Gasteiger partial charge in [-0.25, -0.2) is 0 Å². The first-order valence-corrected chi connectivity index (χ1v) is 8.61. The maximum Gasteiger partial charge on any atom is 0.310 e. The summed E-state index contributed by atoms with van der Waals surface area (Å²) in [5.41, 5.74) is 4.13. The molecule has 0 radical (unpaired) electrons. The molecule has 0 saturated heterocycles. The monoisotopic (exact) mass is 325 g/mol. The number of aliphatic carboxylic acids is 1. The number of benzene rings is 2. The topological polar surface area (TPSA) is 49.3 Å². The molecule has 0 spiro atoms. The molecule has 2 rings (SSSR count). The molecule has 0 fully saturated rings. The normalized spacial score (nSPS) is 11.5. The highest BCUT2D eigenvalue weighted by Crippen LogP contribution is 2.26. The third kappa shape index (κ3) is 4.24. The standard InChI is InChI=1S/C21H27NO2/c1-4-21(5-2,20(23)24)15-22-14-17-7-6-8-19(13-17)18-11-9-16(3)10-12-18/h6-13,22H,4-5,14-15H2,1-3H3,(H,23,24). The lowest BCUT2D eigenvalue weighted by Crippen LogP contribution is -2.40. The number of carboxylic acid groups (broad SMARTS) is 1. The molecule has 2 aromatic carbocycles. The van der Waals surface area contributed by atoms with Crippen molar-refractivity contribution in [3.8, 4) is 11.1 Å². The molecule has 0 aliphatic carbocycles. The highest BCUT2D eigenvalue weighted by atomic mass is 16.4. The van der Waals surface area contributed by atoms with Crippen molar-refractivity contribution in [3.63, 3.8) is 0 Å². The second kappa shape index (κ2) is 8.11. The van der Waals surface area contributed by atoms with E-state index in [0.717, 1.165) is 0 Å². The van der Waals surface area contributed by atoms with E-state index in [1.807, 2.05) is 13.8 Å². The molecule has 3 nitrogen and oxygen atoms in total. The van der Waals surface area contributed by atoms with Crippen LogP contribution in [0.5, 0.6) is 0 Å². The van der Waals surface area contributed by atoms with Crippen molar-refractivity contribution >= 4 is 5.97 Å². The van der Waals surface area contributed by atoms with E-state index in [2.05, 4.69) is 60.8 Å². The van der Waals surface area contributed by atoms with Crippen LogP contribution in [-0.4, -0.2) is 17.6 Å². The van der Waals surface area contributed by atoms with E-state index in [4.69, 9.17) is 0 Å². The second-order valence-corrected chi connectivity index (χ2v) is 6.46. The number of rotatable bonds is 8. The van der Waals surface area contributed by atoms with E-state index in [9.17, 15) is 9.90 Å². The first-order chi connectivity index (χ1) is 11.5. The average Bonchev–Trinajstić information content (AvgIpc) is 2.59. The highest BCUT2D eigenvalue weighted by Gasteiger charge is 2.34. The minimum Gasteiger partial charge on any atom is -0.481 e. The minimum absolute atomic E-state index is 0.490. The first-order valence-electron chi connectivity index (χ1n) is 8.61. The summed E-state index contributed by atoms with van der Waals surface area (Å²) in [6.07, 6.45) is 1.27. The van der Waals surface area contributed by atoms with Gasteiger partial charge in [-0.1, -0.05) is 61.9 Å². The van der Waals surface area contributed by atoms with Gasteiger partial charge < -0.3 is 10.4 Å². The minimum atomic E-state index is -0.714. The van der Waals surface area contributed by atoms with Crippen molar-refractivity contribution in [1.82, 2.24) is 5.32 Å². The molecule has 0 saturated carbocycles. The maximum atomic E-state index is 11.6. The maximum absolute atomic E-state index is 11.6. The van der Waals surface area contributed by atoms with E-state index in [1.165, 1.54) is 22.3 Å². The van der Waals surface area contributed by atoms with Gasteiger partial charge in [-0.15, -0.1) is 0 Å². The van der Waals surface area contributed by atoms with E-state index in [1.54, 1.807) is 0 Å². The number of carbonyl (C=O) groups is 1. The Morgan fingerprint density at radius 3 is 2.29 bits per heavy atom. The zero-order valence-corrected chi connectivity index (χ0v) is 14.8. The number of aryl methyl sites for hydroxylation is 1. The van der Waals surface area contributed by atoms with Gasteiger partial charge in [0.1, 0.15) is 0 Å². The summed E-state index contributed by atoms with van der Waals surface area (Å²) in [4.78, 5) is 11.6. The average molecular weight is 325 g/mol. The lowest BCUT2D eigenvalue weighted by Gasteiger charge is -2.27. The molecule has 0 aliphatic heterocycles. The van der Waals surface area contributed by atoms with E-state index < -0.39 is 11.4 Å². The Balaban J connectivity index is 2.05. The van der Waals surface area contributed by atoms with Gasteiger partial charge in [0.15, 0.2) is 0 Å². The molecular formula is C21H27NO2. The van der Waals surface area contributed by atoms with Crippen LogP contribution >= 0.6 is 0 Å². The van der Waals surface area contributed by atoms with Gasteiger partial charge >= 0.3 is 5.97 Å². The predicted molar refractivity (Wildman–Crippen MR) is 99.0 cm³/mol. The molecule has 0 heterocycles. The molecule has 24 heavy (non-hydrogen) atoms. The van der Waals surface area contributed by atoms with Crippen LogP contribution in [0.3, 0.4) is 0 Å². The van der Waals surface area contributed by atoms with Crippen molar-refractivity contribution in [3.05, 3.63) is 59.7 Å². The summed E-state index contributed by atoms with van der Waals surface area (Å²) < 4.78 is 0. The quantitative estimate of drug-likeness (QED) is 0.743. The fraction of sp³-hybridized carbons (Fsp3) is 0.381. The molecule has 0 atom stereocenters. The summed E-state index contributed by atoms with van der Waals surface area (Å²) in [6.45, 7) is 7.13. The number of carboxylic acids is 1. The van der Waals surface area contributed by atoms with E-state index in [-0.39, 0.29) is 0 Å². The third-order valence-electron chi connectivity index (χ3n) is 4.91. The van der Waals surface area contributed by atoms with E-state index in [0.29, 0.717) is 25.9 Å². The van der Waals surface area contributed by atoms with E-state index >= 15 is 0 Å². The van der Waals surface area contributed by atoms with Crippen LogP contribution in [0.4, 0.5) is 0 Å². The van der Waals surface area contributed by atoms with Crippen molar-refractivity contribution in [1.29, 1.82) is 0 Å². The van der Waals surface area contributed by atoms with Gasteiger partial charge in [-0.3, -0.25) is 4.79 Å². The lowest BCUT2D eigenvalue weighted by molar-refractivity contribution is -0.149. The predicted octanol–water partition coefficient (Wildman–Crippen LogP) is 4.64. The number of hydrogen-bond acceptors (Lipinski definition) is 2. The van der Waals surface area contributed by atoms with Gasteiger partial charge in [0.25, 0.3) is 0 Å². The molecule has 0 unspecified atom stereocenters. The molecule has 0 aromatic heterocycles. The van der Waals surface area contributed by atoms with Gasteiger partial charge in [0, 0.05) is 13.1 Å². The SMILES string of the molecule is CCC(CC)(CNCc1cccc(-c2ccc(C)cc2)c1)C(=O)O. The fourth-order valence-corrected chi connectivity index (χ4v) is 2.93. The van der Waals surface area contributed by atoms with Gasteiger partial charge in [0.05, 0.1) is 5.41 Å². The molecule has 2 N–H and O–H groups in total. The molecule has 0 aliphatic rings. The van der Waals surface area contributed by atoms with Crippen LogP contribution in [0.25, 0.3) is 11.1 Å². The number of hydrogen-bond donors (Lipinski definition) is 2. The number of nitrogens with one attached hydrogen (secondary N) is 1. The van der Waals surface area contributed by atoms with Crippen molar-refractivity contribution < 1.29 is 9.90 Å². The molecule has 2 aromatic rings. The zero-order valence-electron chi connectivity index (χ0n) is 14.8. The largest absolute Gasteiger partial charge is 0.481 e. The van der Waals surface area contributed by atoms with Crippen LogP contribution < -0.4 is 5.32 Å². The molecular weight excluding hydrogens is 298 g/mol. The zero-order chi connectivity index (χ0) is 17.6. The van der Waals surface area contributed by atoms with Gasteiger partial charge in [-0.05, 0) is 42.5 Å². The Bertz CT molecular complexity index is 672. The molecule has 128 valence electrons. The summed E-state index contributed by atoms with van der Waals surface area (Å²) in [5, 5.41) is 12.8. The fourth-order valence-electron chi connectivity index (χ4n) is 2.93. The van der Waals surface area contributed by atoms with Crippen LogP contribution in [0, 0.1) is 12.3 Å². The Hall–Kier alpha value is -2.13. The second-order valence-electron chi connectivity index (χ2n) is 6.46. The third-order valence-corrected chi connectivity index (χ3v) is 4.91. The first kappa shape index (κ1) is 18.2. The lowest BCUT2D eigenvalue weighted by atomic mass is 9.82. The van der Waals surface area contributed by atoms with Gasteiger partial charge in [-0.2, -0.15) is 0 Å². The van der Waals surface area contributed by atoms with Crippen LogP contribution in [0.2, 0.25) is 0 Å². The highest BCUT2D eigenvalue weighted by molar-refractivity contribution is 5.74. The smallest absolute Gasteiger partial charge is 0.310 e. The van der Waals surface area contributed by atoms with Crippen molar-refractivity contribution in [2.75, 3.05) is 6.54 Å². The Labute approximate surface area is 144 Å². The van der Waals surface area contributed by atoms with Crippen molar-refractivity contribution in [2.45, 2.75) is 40.2 Å². The molecule has 3 heteroatoms. The summed E-state index contributed by atoms with van der Waals surface area (Å²) >= 11 is 0. The van der Waals surface area contributed by atoms with Crippen LogP contribution in [0.1, 0.15) is 37.8 Å².